The fraction of sp³-hybridized carbons (Fsp3) is 0.481. The van der Waals surface area contributed by atoms with Crippen molar-refractivity contribution in [3.63, 3.8) is 0 Å². The van der Waals surface area contributed by atoms with Crippen molar-refractivity contribution in [3.05, 3.63) is 64.1 Å². The quantitative estimate of drug-likeness (QED) is 0.371. The monoisotopic (exact) mass is 567 g/mol. The fourth-order valence-electron chi connectivity index (χ4n) is 4.74. The minimum atomic E-state index is -3.53. The first-order valence-corrected chi connectivity index (χ1v) is 15.3. The number of rotatable bonds is 12. The third kappa shape index (κ3) is 8.09. The Hall–Kier alpha value is -2.29. The maximum atomic E-state index is 13.6. The van der Waals surface area contributed by atoms with Crippen molar-refractivity contribution in [2.45, 2.75) is 70.5 Å². The van der Waals surface area contributed by atoms with E-state index in [4.69, 9.17) is 23.2 Å². The molecule has 1 fully saturated rings. The average molecular weight is 569 g/mol. The molecule has 10 heteroatoms. The van der Waals surface area contributed by atoms with Crippen molar-refractivity contribution in [2.24, 2.45) is 0 Å². The van der Waals surface area contributed by atoms with Crippen LogP contribution in [0.4, 0.5) is 5.69 Å². The van der Waals surface area contributed by atoms with Crippen molar-refractivity contribution in [1.29, 1.82) is 0 Å². The van der Waals surface area contributed by atoms with Crippen LogP contribution >= 0.6 is 23.2 Å². The summed E-state index contributed by atoms with van der Waals surface area (Å²) in [4.78, 5) is 28.4. The van der Waals surface area contributed by atoms with Gasteiger partial charge in [0.2, 0.25) is 21.8 Å². The van der Waals surface area contributed by atoms with Crippen LogP contribution in [0, 0.1) is 0 Å². The van der Waals surface area contributed by atoms with E-state index in [1.807, 2.05) is 13.0 Å². The molecular formula is C27H35Cl2N3O4S. The van der Waals surface area contributed by atoms with Gasteiger partial charge in [-0.2, -0.15) is 0 Å². The minimum Gasteiger partial charge on any atom is -0.352 e. The largest absolute Gasteiger partial charge is 0.352 e. The number of nitrogens with one attached hydrogen (secondary N) is 1. The molecule has 1 aliphatic rings. The number of para-hydroxylation sites is 1. The highest BCUT2D eigenvalue weighted by molar-refractivity contribution is 7.92. The molecule has 3 rings (SSSR count). The lowest BCUT2D eigenvalue weighted by Gasteiger charge is -2.32. The lowest BCUT2D eigenvalue weighted by Crippen LogP contribution is -2.51. The molecule has 1 N–H and O–H groups in total. The normalized spacial score (nSPS) is 14.8. The van der Waals surface area contributed by atoms with Crippen molar-refractivity contribution >= 4 is 50.7 Å². The predicted octanol–water partition coefficient (Wildman–Crippen LogP) is 5.41. The first-order chi connectivity index (χ1) is 17.6. The number of nitrogens with zero attached hydrogens (tertiary/aromatic N) is 2. The Balaban J connectivity index is 1.79. The summed E-state index contributed by atoms with van der Waals surface area (Å²) in [7, 11) is -3.53. The highest BCUT2D eigenvalue weighted by Gasteiger charge is 2.31. The molecule has 37 heavy (non-hydrogen) atoms. The molecule has 0 bridgehead atoms. The van der Waals surface area contributed by atoms with Crippen LogP contribution in [-0.2, 0) is 26.2 Å². The van der Waals surface area contributed by atoms with E-state index in [0.717, 1.165) is 31.9 Å². The molecule has 2 aromatic carbocycles. The third-order valence-corrected chi connectivity index (χ3v) is 8.58. The second-order valence-electron chi connectivity index (χ2n) is 9.41. The van der Waals surface area contributed by atoms with Crippen LogP contribution in [0.3, 0.4) is 0 Å². The molecule has 202 valence electrons. The lowest BCUT2D eigenvalue weighted by atomic mass is 10.1. The first kappa shape index (κ1) is 29.3. The van der Waals surface area contributed by atoms with E-state index in [2.05, 4.69) is 5.32 Å². The molecule has 2 amide bonds. The van der Waals surface area contributed by atoms with Gasteiger partial charge in [-0.3, -0.25) is 13.9 Å². The van der Waals surface area contributed by atoms with Gasteiger partial charge < -0.3 is 10.2 Å². The van der Waals surface area contributed by atoms with E-state index in [-0.39, 0.29) is 43.8 Å². The molecular weight excluding hydrogens is 533 g/mol. The molecule has 0 saturated heterocycles. The van der Waals surface area contributed by atoms with Crippen molar-refractivity contribution in [3.8, 4) is 0 Å². The molecule has 1 atom stereocenters. The second-order valence-corrected chi connectivity index (χ2v) is 12.1. The molecule has 1 saturated carbocycles. The van der Waals surface area contributed by atoms with Gasteiger partial charge in [-0.15, -0.1) is 0 Å². The molecule has 0 aliphatic heterocycles. The van der Waals surface area contributed by atoms with E-state index in [9.17, 15) is 18.0 Å². The van der Waals surface area contributed by atoms with Crippen LogP contribution < -0.4 is 9.62 Å². The summed E-state index contributed by atoms with van der Waals surface area (Å²) in [6.07, 6.45) is 5.96. The zero-order chi connectivity index (χ0) is 27.0. The Morgan fingerprint density at radius 3 is 2.22 bits per heavy atom. The van der Waals surface area contributed by atoms with Gasteiger partial charge in [0.05, 0.1) is 11.9 Å². The summed E-state index contributed by atoms with van der Waals surface area (Å²) in [5, 5.41) is 3.95. The van der Waals surface area contributed by atoms with E-state index in [1.165, 1.54) is 9.21 Å². The summed E-state index contributed by atoms with van der Waals surface area (Å²) < 4.78 is 26.1. The zero-order valence-corrected chi connectivity index (χ0v) is 23.7. The Morgan fingerprint density at radius 1 is 1.03 bits per heavy atom. The van der Waals surface area contributed by atoms with Gasteiger partial charge in [0.25, 0.3) is 0 Å². The maximum Gasteiger partial charge on any atom is 0.243 e. The third-order valence-electron chi connectivity index (χ3n) is 6.67. The van der Waals surface area contributed by atoms with Crippen LogP contribution in [0.5, 0.6) is 0 Å². The highest BCUT2D eigenvalue weighted by atomic mass is 35.5. The number of halogens is 2. The van der Waals surface area contributed by atoms with E-state index in [1.54, 1.807) is 42.5 Å². The standard InChI is InChI=1S/C27H35Cl2N3O4S/c1-3-25(27(34)30-20-11-7-8-12-20)31(19-22-23(28)15-9-16-24(22)29)26(33)17-10-18-32(37(2,35)36)21-13-5-4-6-14-21/h4-6,9,13-16,20,25H,3,7-8,10-12,17-19H2,1-2H3,(H,30,34)/t25-/m1/s1. The molecule has 2 aromatic rings. The lowest BCUT2D eigenvalue weighted by molar-refractivity contribution is -0.141. The van der Waals surface area contributed by atoms with Gasteiger partial charge in [0, 0.05) is 41.2 Å². The van der Waals surface area contributed by atoms with Crippen molar-refractivity contribution < 1.29 is 18.0 Å². The molecule has 0 aromatic heterocycles. The maximum absolute atomic E-state index is 13.6. The number of hydrogen-bond donors (Lipinski definition) is 1. The van der Waals surface area contributed by atoms with Gasteiger partial charge in [-0.1, -0.05) is 67.2 Å². The summed E-state index contributed by atoms with van der Waals surface area (Å²) in [6.45, 7) is 2.09. The summed E-state index contributed by atoms with van der Waals surface area (Å²) >= 11 is 12.8. The Morgan fingerprint density at radius 2 is 1.65 bits per heavy atom. The number of amides is 2. The molecule has 0 unspecified atom stereocenters. The van der Waals surface area contributed by atoms with Gasteiger partial charge >= 0.3 is 0 Å². The number of hydrogen-bond acceptors (Lipinski definition) is 4. The second kappa shape index (κ2) is 13.5. The van der Waals surface area contributed by atoms with Crippen LogP contribution in [-0.4, -0.2) is 50.0 Å². The smallest absolute Gasteiger partial charge is 0.243 e. The van der Waals surface area contributed by atoms with Crippen LogP contribution in [0.1, 0.15) is 57.4 Å². The molecule has 1 aliphatic carbocycles. The fourth-order valence-corrected chi connectivity index (χ4v) is 6.22. The molecule has 0 radical (unpaired) electrons. The summed E-state index contributed by atoms with van der Waals surface area (Å²) in [5.41, 5.74) is 1.12. The van der Waals surface area contributed by atoms with E-state index < -0.39 is 16.1 Å². The predicted molar refractivity (Wildman–Crippen MR) is 149 cm³/mol. The number of benzene rings is 2. The van der Waals surface area contributed by atoms with Gasteiger partial charge in [-0.05, 0) is 49.9 Å². The van der Waals surface area contributed by atoms with Crippen LogP contribution in [0.2, 0.25) is 10.0 Å². The zero-order valence-electron chi connectivity index (χ0n) is 21.3. The summed E-state index contributed by atoms with van der Waals surface area (Å²) in [6, 6.07) is 13.3. The molecule has 0 heterocycles. The van der Waals surface area contributed by atoms with Gasteiger partial charge in [-0.25, -0.2) is 8.42 Å². The summed E-state index contributed by atoms with van der Waals surface area (Å²) in [5.74, 6) is -0.445. The van der Waals surface area contributed by atoms with Crippen molar-refractivity contribution in [1.82, 2.24) is 10.2 Å². The van der Waals surface area contributed by atoms with Crippen molar-refractivity contribution in [2.75, 3.05) is 17.1 Å². The van der Waals surface area contributed by atoms with Crippen LogP contribution in [0.15, 0.2) is 48.5 Å². The number of carbonyl (C=O) groups is 2. The number of anilines is 1. The molecule has 0 spiro atoms. The van der Waals surface area contributed by atoms with Gasteiger partial charge in [0.15, 0.2) is 0 Å². The minimum absolute atomic E-state index is 0.0636. The number of sulfonamides is 1. The average Bonchev–Trinajstić information content (AvgIpc) is 3.36. The Bertz CT molecular complexity index is 1150. The Kier molecular flexibility index (Phi) is 10.7. The van der Waals surface area contributed by atoms with E-state index >= 15 is 0 Å². The topological polar surface area (TPSA) is 86.8 Å². The van der Waals surface area contributed by atoms with E-state index in [0.29, 0.717) is 27.7 Å². The number of carbonyl (C=O) groups excluding carboxylic acids is 2. The Labute approximate surface area is 230 Å². The highest BCUT2D eigenvalue weighted by Crippen LogP contribution is 2.28. The van der Waals surface area contributed by atoms with Gasteiger partial charge in [0.1, 0.15) is 6.04 Å². The molecule has 7 nitrogen and oxygen atoms in total. The SMILES string of the molecule is CC[C@H](C(=O)NC1CCCC1)N(Cc1c(Cl)cccc1Cl)C(=O)CCCN(c1ccccc1)S(C)(=O)=O. The van der Waals surface area contributed by atoms with Crippen LogP contribution in [0.25, 0.3) is 0 Å². The first-order valence-electron chi connectivity index (χ1n) is 12.7.